The van der Waals surface area contributed by atoms with Gasteiger partial charge in [0, 0.05) is 19.0 Å². The van der Waals surface area contributed by atoms with Crippen LogP contribution in [-0.4, -0.2) is 34.7 Å². The lowest BCUT2D eigenvalue weighted by Gasteiger charge is -2.27. The molecule has 0 saturated carbocycles. The predicted molar refractivity (Wildman–Crippen MR) is 40.2 cm³/mol. The van der Waals surface area contributed by atoms with E-state index in [4.69, 9.17) is 0 Å². The van der Waals surface area contributed by atoms with Crippen LogP contribution in [0.5, 0.6) is 0 Å². The van der Waals surface area contributed by atoms with Crippen molar-refractivity contribution in [2.24, 2.45) is 0 Å². The molecule has 20 heavy (non-hydrogen) atoms. The molecule has 0 unspecified atom stereocenters. The topological polar surface area (TPSA) is 6.48 Å². The molecule has 0 heterocycles. The molecule has 0 aliphatic rings. The lowest BCUT2D eigenvalue weighted by molar-refractivity contribution is -0.350. The first kappa shape index (κ1) is 18.4. The van der Waals surface area contributed by atoms with Gasteiger partial charge in [-0.25, -0.2) is 0 Å². The molecule has 0 aliphatic carbocycles. The van der Waals surface area contributed by atoms with Crippen LogP contribution in [-0.2, 0) is 0 Å². The second-order valence-electron chi connectivity index (χ2n) is 3.14. The van der Waals surface area contributed by atoms with Gasteiger partial charge in [-0.05, 0) is 0 Å². The fraction of sp³-hybridized carbons (Fsp3) is 0.714. The van der Waals surface area contributed by atoms with Crippen molar-refractivity contribution in [1.29, 1.82) is 0 Å². The van der Waals surface area contributed by atoms with Crippen LogP contribution in [0.3, 0.4) is 0 Å². The van der Waals surface area contributed by atoms with E-state index in [0.717, 1.165) is 0 Å². The van der Waals surface area contributed by atoms with Crippen molar-refractivity contribution in [3.05, 3.63) is 0 Å². The summed E-state index contributed by atoms with van der Waals surface area (Å²) < 4.78 is 132. The van der Waals surface area contributed by atoms with E-state index in [1.54, 1.807) is 0 Å². The molecule has 0 aromatic heterocycles. The largest absolute Gasteiger partial charge is 0.499 e. The van der Waals surface area contributed by atoms with E-state index in [1.807, 2.05) is 0 Å². The Labute approximate surface area is 103 Å². The zero-order valence-electron chi connectivity index (χ0n) is 9.05. The smallest absolute Gasteiger partial charge is 0.182 e. The summed E-state index contributed by atoms with van der Waals surface area (Å²) >= 11 is 0. The number of alkyl halides is 11. The Morgan fingerprint density at radius 1 is 0.550 bits per heavy atom. The van der Waals surface area contributed by atoms with Crippen molar-refractivity contribution in [3.63, 3.8) is 0 Å². The second-order valence-corrected chi connectivity index (χ2v) is 3.14. The van der Waals surface area contributed by atoms with E-state index < -0.39 is 41.7 Å². The van der Waals surface area contributed by atoms with Gasteiger partial charge in [0.2, 0.25) is 0 Å². The van der Waals surface area contributed by atoms with Crippen molar-refractivity contribution in [3.8, 4) is 12.1 Å². The minimum absolute atomic E-state index is 0.0279. The maximum atomic E-state index is 12.4. The monoisotopic (exact) mass is 324 g/mol. The molecule has 0 amide bonds. The predicted octanol–water partition coefficient (Wildman–Crippen LogP) is 3.68. The van der Waals surface area contributed by atoms with Crippen LogP contribution < -0.4 is 0 Å². The molecule has 0 aromatic rings. The molecule has 0 fully saturated rings. The summed E-state index contributed by atoms with van der Waals surface area (Å²) in [6.07, 6.45) is -18.4. The summed E-state index contributed by atoms with van der Waals surface area (Å²) in [7, 11) is 0. The second kappa shape index (κ2) is 5.06. The van der Waals surface area contributed by atoms with Crippen molar-refractivity contribution in [1.82, 2.24) is 9.80 Å². The lowest BCUT2D eigenvalue weighted by atomic mass is 10.5. The maximum absolute atomic E-state index is 12.4. The van der Waals surface area contributed by atoms with Gasteiger partial charge in [-0.1, -0.05) is 0 Å². The summed E-state index contributed by atoms with van der Waals surface area (Å²) in [5.74, 6) is 0. The molecular weight excluding hydrogens is 321 g/mol. The molecule has 13 heteroatoms. The normalized spacial score (nSPS) is 13.6. The van der Waals surface area contributed by atoms with Crippen LogP contribution in [0.15, 0.2) is 0 Å². The third kappa shape index (κ3) is 5.17. The Balaban J connectivity index is 5.65. The Kier molecular flexibility index (Phi) is 4.65. The first-order valence-electron chi connectivity index (χ1n) is 4.17. The number of hydrogen-bond donors (Lipinski definition) is 0. The van der Waals surface area contributed by atoms with E-state index in [9.17, 15) is 48.3 Å². The SMILES string of the molecule is CC(F)(F)N(C#CN(C(F)(F)F)C(F)(F)F)C(F)(F)F. The van der Waals surface area contributed by atoms with Crippen molar-refractivity contribution in [2.75, 3.05) is 0 Å². The first-order chi connectivity index (χ1) is 8.47. The van der Waals surface area contributed by atoms with Gasteiger partial charge < -0.3 is 0 Å². The van der Waals surface area contributed by atoms with Gasteiger partial charge in [0.15, 0.2) is 0 Å². The number of hydrogen-bond acceptors (Lipinski definition) is 2. The van der Waals surface area contributed by atoms with Gasteiger partial charge >= 0.3 is 24.9 Å². The maximum Gasteiger partial charge on any atom is 0.499 e. The minimum atomic E-state index is -6.22. The molecule has 0 saturated heterocycles. The fourth-order valence-electron chi connectivity index (χ4n) is 0.755. The third-order valence-corrected chi connectivity index (χ3v) is 1.43. The van der Waals surface area contributed by atoms with Gasteiger partial charge in [-0.2, -0.15) is 13.7 Å². The van der Waals surface area contributed by atoms with Crippen LogP contribution in [0.1, 0.15) is 6.92 Å². The van der Waals surface area contributed by atoms with Crippen molar-refractivity contribution < 1.29 is 48.3 Å². The lowest BCUT2D eigenvalue weighted by Crippen LogP contribution is -2.48. The van der Waals surface area contributed by atoms with Gasteiger partial charge in [0.05, 0.1) is 0 Å². The Bertz CT molecular complexity index is 323. The van der Waals surface area contributed by atoms with E-state index in [1.165, 1.54) is 0 Å². The van der Waals surface area contributed by atoms with Crippen LogP contribution in [0, 0.1) is 12.1 Å². The summed E-state index contributed by atoms with van der Waals surface area (Å²) in [4.78, 5) is -4.66. The van der Waals surface area contributed by atoms with Crippen LogP contribution in [0.25, 0.3) is 0 Å². The molecule has 0 aromatic carbocycles. The Morgan fingerprint density at radius 2 is 0.800 bits per heavy atom. The molecule has 0 bridgehead atoms. The van der Waals surface area contributed by atoms with E-state index in [0.29, 0.717) is 0 Å². The van der Waals surface area contributed by atoms with Crippen molar-refractivity contribution >= 4 is 0 Å². The van der Waals surface area contributed by atoms with E-state index in [-0.39, 0.29) is 12.1 Å². The highest BCUT2D eigenvalue weighted by Crippen LogP contribution is 2.34. The summed E-state index contributed by atoms with van der Waals surface area (Å²) in [6, 6.07) is -4.76. The number of rotatable bonds is 1. The zero-order valence-corrected chi connectivity index (χ0v) is 9.05. The van der Waals surface area contributed by atoms with Gasteiger partial charge in [0.25, 0.3) is 0 Å². The van der Waals surface area contributed by atoms with Gasteiger partial charge in [0.1, 0.15) is 0 Å². The molecule has 2 nitrogen and oxygen atoms in total. The first-order valence-corrected chi connectivity index (χ1v) is 4.17. The molecular formula is C7H3F11N2. The Morgan fingerprint density at radius 3 is 1.00 bits per heavy atom. The minimum Gasteiger partial charge on any atom is -0.182 e. The number of nitrogens with zero attached hydrogens (tertiary/aromatic N) is 2. The van der Waals surface area contributed by atoms with Crippen molar-refractivity contribution in [2.45, 2.75) is 31.9 Å². The molecule has 118 valence electrons. The van der Waals surface area contributed by atoms with Crippen LogP contribution in [0.2, 0.25) is 0 Å². The quantitative estimate of drug-likeness (QED) is 0.314. The molecule has 0 radical (unpaired) electrons. The van der Waals surface area contributed by atoms with E-state index >= 15 is 0 Å². The summed E-state index contributed by atoms with van der Waals surface area (Å²) in [5.41, 5.74) is 0. The van der Waals surface area contributed by atoms with Gasteiger partial charge in [-0.15, -0.1) is 44.4 Å². The van der Waals surface area contributed by atoms with Crippen LogP contribution in [0.4, 0.5) is 48.3 Å². The molecule has 0 N–H and O–H groups in total. The number of halogens is 11. The summed E-state index contributed by atoms with van der Waals surface area (Å²) in [5, 5.41) is 0. The third-order valence-electron chi connectivity index (χ3n) is 1.43. The highest BCUT2D eigenvalue weighted by molar-refractivity contribution is 5.02. The fourth-order valence-corrected chi connectivity index (χ4v) is 0.755. The molecule has 0 spiro atoms. The average molecular weight is 324 g/mol. The van der Waals surface area contributed by atoms with E-state index in [2.05, 4.69) is 0 Å². The standard InChI is InChI=1S/C7H3F11N2/c1-4(8,9)19(5(10,11)12)2-3-20(6(13,14)15)7(16,17)18/h1H3. The van der Waals surface area contributed by atoms with Crippen LogP contribution >= 0.6 is 0 Å². The molecule has 0 atom stereocenters. The Hall–Kier alpha value is -1.61. The average Bonchev–Trinajstić information content (AvgIpc) is 2.02. The van der Waals surface area contributed by atoms with Gasteiger partial charge in [-0.3, -0.25) is 0 Å². The molecule has 0 rings (SSSR count). The highest BCUT2D eigenvalue weighted by atomic mass is 19.4. The highest BCUT2D eigenvalue weighted by Gasteiger charge is 2.54. The molecule has 0 aliphatic heterocycles. The zero-order chi connectivity index (χ0) is 16.6. The summed E-state index contributed by atoms with van der Waals surface area (Å²) in [6.45, 7) is -0.402.